The van der Waals surface area contributed by atoms with Gasteiger partial charge in [0.05, 0.1) is 13.2 Å². The normalized spacial score (nSPS) is 16.7. The van der Waals surface area contributed by atoms with E-state index < -0.39 is 17.7 Å². The lowest BCUT2D eigenvalue weighted by Crippen LogP contribution is -2.41. The van der Waals surface area contributed by atoms with Gasteiger partial charge in [0.15, 0.2) is 0 Å². The van der Waals surface area contributed by atoms with Crippen LogP contribution in [0.25, 0.3) is 6.08 Å². The molecule has 0 spiro atoms. The molecule has 5 heteroatoms. The summed E-state index contributed by atoms with van der Waals surface area (Å²) in [5.41, 5.74) is 1.42. The molecule has 0 aromatic heterocycles. The topological polar surface area (TPSA) is 61.8 Å². The highest BCUT2D eigenvalue weighted by Crippen LogP contribution is 2.25. The summed E-state index contributed by atoms with van der Waals surface area (Å²) in [5.74, 6) is -2.62. The van der Waals surface area contributed by atoms with Crippen LogP contribution in [0.3, 0.4) is 0 Å². The molecular formula is C17H18O5. The Hall–Kier alpha value is -2.40. The Balaban J connectivity index is 2.27. The largest absolute Gasteiger partial charge is 0.419 e. The number of esters is 2. The van der Waals surface area contributed by atoms with Crippen LogP contribution in [0.1, 0.15) is 25.0 Å². The monoisotopic (exact) mass is 302 g/mol. The number of benzene rings is 1. The van der Waals surface area contributed by atoms with E-state index in [1.165, 1.54) is 19.9 Å². The van der Waals surface area contributed by atoms with E-state index in [1.807, 2.05) is 18.2 Å². The molecule has 0 aliphatic carbocycles. The Labute approximate surface area is 129 Å². The number of carbonyl (C=O) groups excluding carboxylic acids is 2. The molecule has 1 aromatic carbocycles. The van der Waals surface area contributed by atoms with Crippen LogP contribution in [0.5, 0.6) is 0 Å². The predicted octanol–water partition coefficient (Wildman–Crippen LogP) is 2.61. The van der Waals surface area contributed by atoms with Crippen LogP contribution in [-0.4, -0.2) is 24.3 Å². The van der Waals surface area contributed by atoms with Gasteiger partial charge in [0, 0.05) is 13.8 Å². The van der Waals surface area contributed by atoms with E-state index in [2.05, 4.69) is 6.58 Å². The van der Waals surface area contributed by atoms with E-state index in [-0.39, 0.29) is 5.57 Å². The van der Waals surface area contributed by atoms with E-state index in [0.29, 0.717) is 18.8 Å². The van der Waals surface area contributed by atoms with Gasteiger partial charge in [0.25, 0.3) is 5.79 Å². The summed E-state index contributed by atoms with van der Waals surface area (Å²) in [5, 5.41) is 0. The lowest BCUT2D eigenvalue weighted by atomic mass is 10.0. The third-order valence-corrected chi connectivity index (χ3v) is 2.97. The zero-order valence-corrected chi connectivity index (χ0v) is 12.6. The van der Waals surface area contributed by atoms with Crippen LogP contribution in [-0.2, 0) is 30.4 Å². The molecule has 2 rings (SSSR count). The summed E-state index contributed by atoms with van der Waals surface area (Å²) in [7, 11) is 0. The molecule has 1 aliphatic rings. The number of hydrogen-bond donors (Lipinski definition) is 0. The third kappa shape index (κ3) is 3.83. The van der Waals surface area contributed by atoms with Crippen molar-refractivity contribution in [2.75, 3.05) is 6.61 Å². The van der Waals surface area contributed by atoms with Crippen LogP contribution in [0.15, 0.2) is 42.5 Å². The molecule has 0 bridgehead atoms. The van der Waals surface area contributed by atoms with Gasteiger partial charge >= 0.3 is 11.9 Å². The average molecular weight is 302 g/mol. The molecule has 0 amide bonds. The number of carbonyl (C=O) groups is 2. The van der Waals surface area contributed by atoms with Crippen molar-refractivity contribution in [3.63, 3.8) is 0 Å². The summed E-state index contributed by atoms with van der Waals surface area (Å²) < 4.78 is 15.6. The van der Waals surface area contributed by atoms with Gasteiger partial charge in [-0.25, -0.2) is 9.59 Å². The van der Waals surface area contributed by atoms with E-state index in [1.54, 1.807) is 12.1 Å². The first-order valence-electron chi connectivity index (χ1n) is 6.88. The van der Waals surface area contributed by atoms with Crippen LogP contribution >= 0.6 is 0 Å². The summed E-state index contributed by atoms with van der Waals surface area (Å²) in [6, 6.07) is 7.32. The maximum atomic E-state index is 12.0. The SMILES string of the molecule is C=CCOCc1ccccc1C=C1C(=O)OC(C)(C)OC1=O. The maximum absolute atomic E-state index is 12.0. The lowest BCUT2D eigenvalue weighted by Gasteiger charge is -2.29. The van der Waals surface area contributed by atoms with Crippen LogP contribution < -0.4 is 0 Å². The highest BCUT2D eigenvalue weighted by Gasteiger charge is 2.38. The molecule has 1 fully saturated rings. The second-order valence-electron chi connectivity index (χ2n) is 5.24. The van der Waals surface area contributed by atoms with Crippen molar-refractivity contribution in [2.24, 2.45) is 0 Å². The van der Waals surface area contributed by atoms with Gasteiger partial charge in [-0.05, 0) is 17.2 Å². The molecule has 5 nitrogen and oxygen atoms in total. The Morgan fingerprint density at radius 1 is 1.18 bits per heavy atom. The highest BCUT2D eigenvalue weighted by atomic mass is 16.7. The van der Waals surface area contributed by atoms with Crippen molar-refractivity contribution in [1.82, 2.24) is 0 Å². The molecule has 116 valence electrons. The van der Waals surface area contributed by atoms with Crippen LogP contribution in [0.4, 0.5) is 0 Å². The molecule has 0 atom stereocenters. The summed E-state index contributed by atoms with van der Waals surface area (Å²) in [4.78, 5) is 23.9. The molecule has 0 unspecified atom stereocenters. The van der Waals surface area contributed by atoms with Crippen LogP contribution in [0, 0.1) is 0 Å². The maximum Gasteiger partial charge on any atom is 0.348 e. The van der Waals surface area contributed by atoms with E-state index in [4.69, 9.17) is 14.2 Å². The second-order valence-corrected chi connectivity index (χ2v) is 5.24. The van der Waals surface area contributed by atoms with E-state index in [9.17, 15) is 9.59 Å². The fourth-order valence-corrected chi connectivity index (χ4v) is 1.99. The summed E-state index contributed by atoms with van der Waals surface area (Å²) in [6.07, 6.45) is 3.12. The smallest absolute Gasteiger partial charge is 0.348 e. The minimum Gasteiger partial charge on any atom is -0.419 e. The van der Waals surface area contributed by atoms with Gasteiger partial charge in [-0.15, -0.1) is 6.58 Å². The number of ether oxygens (including phenoxy) is 3. The molecule has 0 N–H and O–H groups in total. The average Bonchev–Trinajstić information content (AvgIpc) is 2.43. The molecule has 1 aliphatic heterocycles. The lowest BCUT2D eigenvalue weighted by molar-refractivity contribution is -0.222. The quantitative estimate of drug-likeness (QED) is 0.275. The van der Waals surface area contributed by atoms with Crippen LogP contribution in [0.2, 0.25) is 0 Å². The molecule has 0 radical (unpaired) electrons. The van der Waals surface area contributed by atoms with Crippen molar-refractivity contribution in [1.29, 1.82) is 0 Å². The van der Waals surface area contributed by atoms with Crippen molar-refractivity contribution < 1.29 is 23.8 Å². The van der Waals surface area contributed by atoms with Gasteiger partial charge in [-0.3, -0.25) is 0 Å². The zero-order valence-electron chi connectivity index (χ0n) is 12.6. The van der Waals surface area contributed by atoms with Gasteiger partial charge < -0.3 is 14.2 Å². The fraction of sp³-hybridized carbons (Fsp3) is 0.294. The number of hydrogen-bond acceptors (Lipinski definition) is 5. The van der Waals surface area contributed by atoms with Gasteiger partial charge in [-0.1, -0.05) is 30.3 Å². The predicted molar refractivity (Wildman–Crippen MR) is 80.5 cm³/mol. The second kappa shape index (κ2) is 6.58. The zero-order chi connectivity index (χ0) is 16.2. The molecule has 1 aromatic rings. The Morgan fingerprint density at radius 2 is 1.82 bits per heavy atom. The van der Waals surface area contributed by atoms with Crippen molar-refractivity contribution in [3.8, 4) is 0 Å². The number of cyclic esters (lactones) is 2. The molecule has 0 saturated carbocycles. The van der Waals surface area contributed by atoms with Crippen molar-refractivity contribution >= 4 is 18.0 Å². The Morgan fingerprint density at radius 3 is 2.45 bits per heavy atom. The minimum atomic E-state index is -1.24. The first-order valence-corrected chi connectivity index (χ1v) is 6.88. The Kier molecular flexibility index (Phi) is 4.78. The standard InChI is InChI=1S/C17H18O5/c1-4-9-20-11-13-8-6-5-7-12(13)10-14-15(18)21-17(2,3)22-16(14)19/h4-8,10H,1,9,11H2,2-3H3. The summed E-state index contributed by atoms with van der Waals surface area (Å²) in [6.45, 7) is 7.37. The first-order chi connectivity index (χ1) is 10.4. The highest BCUT2D eigenvalue weighted by molar-refractivity contribution is 6.18. The number of rotatable bonds is 5. The van der Waals surface area contributed by atoms with E-state index in [0.717, 1.165) is 5.56 Å². The first kappa shape index (κ1) is 16.0. The summed E-state index contributed by atoms with van der Waals surface area (Å²) >= 11 is 0. The molecule has 1 heterocycles. The molecular weight excluding hydrogens is 284 g/mol. The Bertz CT molecular complexity index is 606. The van der Waals surface area contributed by atoms with Crippen molar-refractivity contribution in [3.05, 3.63) is 53.6 Å². The van der Waals surface area contributed by atoms with Crippen molar-refractivity contribution in [2.45, 2.75) is 26.2 Å². The minimum absolute atomic E-state index is 0.129. The molecule has 22 heavy (non-hydrogen) atoms. The van der Waals surface area contributed by atoms with Gasteiger partial charge in [0.2, 0.25) is 0 Å². The van der Waals surface area contributed by atoms with Gasteiger partial charge in [0.1, 0.15) is 5.57 Å². The molecule has 1 saturated heterocycles. The van der Waals surface area contributed by atoms with Gasteiger partial charge in [-0.2, -0.15) is 0 Å². The third-order valence-electron chi connectivity index (χ3n) is 2.97. The fourth-order valence-electron chi connectivity index (χ4n) is 1.99. The van der Waals surface area contributed by atoms with E-state index >= 15 is 0 Å².